The van der Waals surface area contributed by atoms with Crippen LogP contribution in [0.25, 0.3) is 0 Å². The van der Waals surface area contributed by atoms with Crippen molar-refractivity contribution in [2.75, 3.05) is 25.6 Å². The Morgan fingerprint density at radius 2 is 2.16 bits per heavy atom. The van der Waals surface area contributed by atoms with Gasteiger partial charge in [-0.2, -0.15) is 0 Å². The summed E-state index contributed by atoms with van der Waals surface area (Å²) in [5, 5.41) is 3.38. The van der Waals surface area contributed by atoms with Crippen molar-refractivity contribution in [1.82, 2.24) is 0 Å². The zero-order valence-corrected chi connectivity index (χ0v) is 16.2. The smallest absolute Gasteiger partial charge is 0.256 e. The maximum atomic E-state index is 12.8. The molecule has 1 amide bonds. The molecule has 1 aromatic rings. The molecule has 1 saturated carbocycles. The molecule has 1 aliphatic carbocycles. The van der Waals surface area contributed by atoms with E-state index >= 15 is 0 Å². The third-order valence-electron chi connectivity index (χ3n) is 4.33. The molecule has 1 aromatic carbocycles. The third kappa shape index (κ3) is 5.33. The molecule has 0 bridgehead atoms. The lowest BCUT2D eigenvalue weighted by Gasteiger charge is -2.28. The summed E-state index contributed by atoms with van der Waals surface area (Å²) in [5.74, 6) is 0.726. The van der Waals surface area contributed by atoms with Crippen molar-refractivity contribution in [3.63, 3.8) is 0 Å². The first-order valence-corrected chi connectivity index (χ1v) is 9.19. The van der Waals surface area contributed by atoms with E-state index < -0.39 is 5.60 Å². The minimum Gasteiger partial charge on any atom is -0.487 e. The summed E-state index contributed by atoms with van der Waals surface area (Å²) in [6, 6.07) is 5.23. The van der Waals surface area contributed by atoms with Crippen LogP contribution < -0.4 is 10.1 Å². The number of benzene rings is 1. The molecule has 0 saturated heterocycles. The van der Waals surface area contributed by atoms with E-state index in [4.69, 9.17) is 25.8 Å². The van der Waals surface area contributed by atoms with Crippen LogP contribution in [0.4, 0.5) is 5.69 Å². The molecule has 1 aliphatic rings. The molecule has 6 heteroatoms. The number of halogens is 1. The molecular formula is C19H28ClNO4. The number of nitrogens with one attached hydrogen (secondary N) is 1. The summed E-state index contributed by atoms with van der Waals surface area (Å²) in [6.07, 6.45) is 2.83. The zero-order chi connectivity index (χ0) is 18.4. The Hall–Kier alpha value is -1.30. The van der Waals surface area contributed by atoms with Crippen LogP contribution in [0, 0.1) is 5.92 Å². The molecule has 2 rings (SSSR count). The fraction of sp³-hybridized carbons (Fsp3) is 0.632. The lowest BCUT2D eigenvalue weighted by molar-refractivity contribution is -0.142. The van der Waals surface area contributed by atoms with E-state index in [1.807, 2.05) is 20.8 Å². The predicted molar refractivity (Wildman–Crippen MR) is 99.4 cm³/mol. The summed E-state index contributed by atoms with van der Waals surface area (Å²) in [7, 11) is 1.62. The fourth-order valence-electron chi connectivity index (χ4n) is 2.73. The van der Waals surface area contributed by atoms with E-state index in [1.165, 1.54) is 0 Å². The van der Waals surface area contributed by atoms with Crippen molar-refractivity contribution >= 4 is 23.2 Å². The molecule has 5 nitrogen and oxygen atoms in total. The number of methoxy groups -OCH3 is 1. The Labute approximate surface area is 155 Å². The zero-order valence-electron chi connectivity index (χ0n) is 15.4. The van der Waals surface area contributed by atoms with Gasteiger partial charge in [0.15, 0.2) is 0 Å². The summed E-state index contributed by atoms with van der Waals surface area (Å²) < 4.78 is 16.7. The molecule has 25 heavy (non-hydrogen) atoms. The highest BCUT2D eigenvalue weighted by Gasteiger charge is 2.48. The topological polar surface area (TPSA) is 56.8 Å². The van der Waals surface area contributed by atoms with Gasteiger partial charge in [-0.1, -0.05) is 18.5 Å². The van der Waals surface area contributed by atoms with Crippen LogP contribution in [-0.2, 0) is 14.3 Å². The standard InChI is InChI=1S/C19H28ClNO4/c1-5-10-24-19(3,14-6-7-14)18(22)21-15-8-9-17(16(20)11-15)25-13(2)12-23-4/h8-9,11,13-14H,5-7,10,12H2,1-4H3,(H,21,22)/t13-,19+/m1/s1. The highest BCUT2D eigenvalue weighted by atomic mass is 35.5. The van der Waals surface area contributed by atoms with Gasteiger partial charge in [0, 0.05) is 19.4 Å². The van der Waals surface area contributed by atoms with Crippen molar-refractivity contribution in [1.29, 1.82) is 0 Å². The molecule has 0 radical (unpaired) electrons. The van der Waals surface area contributed by atoms with Gasteiger partial charge in [-0.25, -0.2) is 0 Å². The number of carbonyl (C=O) groups excluding carboxylic acids is 1. The minimum absolute atomic E-state index is 0.108. The molecule has 1 fully saturated rings. The first-order chi connectivity index (χ1) is 11.9. The van der Waals surface area contributed by atoms with Crippen LogP contribution in [-0.4, -0.2) is 37.9 Å². The Morgan fingerprint density at radius 1 is 1.44 bits per heavy atom. The predicted octanol–water partition coefficient (Wildman–Crippen LogP) is 4.29. The molecule has 0 unspecified atom stereocenters. The molecule has 0 aliphatic heterocycles. The highest BCUT2D eigenvalue weighted by molar-refractivity contribution is 6.32. The summed E-state index contributed by atoms with van der Waals surface area (Å²) in [6.45, 7) is 6.87. The van der Waals surface area contributed by atoms with Crippen LogP contribution in [0.1, 0.15) is 40.0 Å². The molecule has 0 heterocycles. The maximum absolute atomic E-state index is 12.8. The maximum Gasteiger partial charge on any atom is 0.256 e. The average Bonchev–Trinajstić information content (AvgIpc) is 3.40. The van der Waals surface area contributed by atoms with Crippen molar-refractivity contribution in [3.8, 4) is 5.75 Å². The van der Waals surface area contributed by atoms with E-state index in [2.05, 4.69) is 5.32 Å². The second-order valence-electron chi connectivity index (χ2n) is 6.71. The van der Waals surface area contributed by atoms with Gasteiger partial charge >= 0.3 is 0 Å². The second-order valence-corrected chi connectivity index (χ2v) is 7.12. The molecule has 0 aromatic heterocycles. The number of anilines is 1. The summed E-state index contributed by atoms with van der Waals surface area (Å²) >= 11 is 6.28. The van der Waals surface area contributed by atoms with Gasteiger partial charge in [0.1, 0.15) is 17.5 Å². The van der Waals surface area contributed by atoms with Crippen LogP contribution in [0.2, 0.25) is 5.02 Å². The van der Waals surface area contributed by atoms with Gasteiger partial charge < -0.3 is 19.5 Å². The van der Waals surface area contributed by atoms with Crippen LogP contribution >= 0.6 is 11.6 Å². The second kappa shape index (κ2) is 8.88. The van der Waals surface area contributed by atoms with Crippen molar-refractivity contribution in [2.45, 2.75) is 51.7 Å². The lowest BCUT2D eigenvalue weighted by Crippen LogP contribution is -2.45. The first-order valence-electron chi connectivity index (χ1n) is 8.81. The van der Waals surface area contributed by atoms with E-state index in [1.54, 1.807) is 25.3 Å². The summed E-state index contributed by atoms with van der Waals surface area (Å²) in [5.41, 5.74) is -0.154. The molecule has 0 spiro atoms. The van der Waals surface area contributed by atoms with E-state index in [9.17, 15) is 4.79 Å². The Balaban J connectivity index is 2.04. The Morgan fingerprint density at radius 3 is 2.72 bits per heavy atom. The SMILES string of the molecule is CCCO[C@](C)(C(=O)Nc1ccc(O[C@H](C)COC)c(Cl)c1)C1CC1. The molecular weight excluding hydrogens is 342 g/mol. The van der Waals surface area contributed by atoms with Crippen LogP contribution in [0.5, 0.6) is 5.75 Å². The Kier molecular flexibility index (Phi) is 7.11. The van der Waals surface area contributed by atoms with Gasteiger partial charge in [-0.05, 0) is 57.2 Å². The van der Waals surface area contributed by atoms with E-state index in [0.717, 1.165) is 19.3 Å². The van der Waals surface area contributed by atoms with Crippen molar-refractivity contribution in [2.24, 2.45) is 5.92 Å². The number of hydrogen-bond donors (Lipinski definition) is 1. The van der Waals surface area contributed by atoms with Gasteiger partial charge in [0.25, 0.3) is 5.91 Å². The monoisotopic (exact) mass is 369 g/mol. The van der Waals surface area contributed by atoms with Gasteiger partial charge in [-0.3, -0.25) is 4.79 Å². The number of carbonyl (C=O) groups is 1. The normalized spacial score (nSPS) is 17.6. The van der Waals surface area contributed by atoms with Gasteiger partial charge in [0.2, 0.25) is 0 Å². The number of rotatable bonds is 10. The van der Waals surface area contributed by atoms with Crippen LogP contribution in [0.3, 0.4) is 0 Å². The van der Waals surface area contributed by atoms with Crippen molar-refractivity contribution in [3.05, 3.63) is 23.2 Å². The number of ether oxygens (including phenoxy) is 3. The van der Waals surface area contributed by atoms with E-state index in [-0.39, 0.29) is 17.9 Å². The van der Waals surface area contributed by atoms with Gasteiger partial charge in [-0.15, -0.1) is 0 Å². The quantitative estimate of drug-likeness (QED) is 0.668. The lowest BCUT2D eigenvalue weighted by atomic mass is 9.98. The highest BCUT2D eigenvalue weighted by Crippen LogP contribution is 2.42. The summed E-state index contributed by atoms with van der Waals surface area (Å²) in [4.78, 5) is 12.8. The largest absolute Gasteiger partial charge is 0.487 e. The number of hydrogen-bond acceptors (Lipinski definition) is 4. The van der Waals surface area contributed by atoms with Gasteiger partial charge in [0.05, 0.1) is 11.6 Å². The third-order valence-corrected chi connectivity index (χ3v) is 4.63. The van der Waals surface area contributed by atoms with Crippen molar-refractivity contribution < 1.29 is 19.0 Å². The molecule has 2 atom stereocenters. The number of amides is 1. The molecule has 140 valence electrons. The first kappa shape index (κ1) is 20.0. The minimum atomic E-state index is -0.787. The molecule has 1 N–H and O–H groups in total. The van der Waals surface area contributed by atoms with Crippen LogP contribution in [0.15, 0.2) is 18.2 Å². The Bertz CT molecular complexity index is 591. The van der Waals surface area contributed by atoms with E-state index in [0.29, 0.717) is 29.7 Å². The fourth-order valence-corrected chi connectivity index (χ4v) is 2.96. The average molecular weight is 370 g/mol.